The molecule has 1 aliphatic rings. The Balaban J connectivity index is 1.84. The molecule has 0 radical (unpaired) electrons. The zero-order chi connectivity index (χ0) is 27.4. The minimum Gasteiger partial charge on any atom is -0.462 e. The molecule has 2 heterocycles. The summed E-state index contributed by atoms with van der Waals surface area (Å²) < 4.78 is 37.6. The first-order valence-electron chi connectivity index (χ1n) is 11.4. The third-order valence-electron chi connectivity index (χ3n) is 5.21. The van der Waals surface area contributed by atoms with Crippen LogP contribution in [0.5, 0.6) is 5.75 Å². The number of terminal acetylenes is 1. The molecule has 3 rings (SSSR count). The van der Waals surface area contributed by atoms with Crippen LogP contribution in [0, 0.1) is 19.3 Å². The molecule has 12 heteroatoms. The number of ether oxygens (including phenoxy) is 2. The number of esters is 1. The van der Waals surface area contributed by atoms with Gasteiger partial charge < -0.3 is 14.0 Å². The van der Waals surface area contributed by atoms with Gasteiger partial charge >= 0.3 is 19.4 Å². The van der Waals surface area contributed by atoms with Crippen molar-refractivity contribution in [3.05, 3.63) is 75.1 Å². The molecule has 11 nitrogen and oxygen atoms in total. The van der Waals surface area contributed by atoms with Gasteiger partial charge in [-0.05, 0) is 58.9 Å². The van der Waals surface area contributed by atoms with Gasteiger partial charge in [0.15, 0.2) is 11.8 Å². The summed E-state index contributed by atoms with van der Waals surface area (Å²) in [6.45, 7) is 7.42. The topological polar surface area (TPSA) is 138 Å². The fourth-order valence-electron chi connectivity index (χ4n) is 3.29. The third-order valence-corrected chi connectivity index (χ3v) is 6.97. The predicted molar refractivity (Wildman–Crippen MR) is 136 cm³/mol. The van der Waals surface area contributed by atoms with E-state index in [0.29, 0.717) is 5.56 Å². The molecule has 198 valence electrons. The monoisotopic (exact) mass is 531 g/mol. The van der Waals surface area contributed by atoms with E-state index in [1.165, 1.54) is 32.2 Å². The number of hydrogen-bond donors (Lipinski definition) is 2. The van der Waals surface area contributed by atoms with Gasteiger partial charge in [0, 0.05) is 11.8 Å². The van der Waals surface area contributed by atoms with Gasteiger partial charge in [-0.25, -0.2) is 9.36 Å². The van der Waals surface area contributed by atoms with Crippen LogP contribution in [0.3, 0.4) is 0 Å². The van der Waals surface area contributed by atoms with E-state index in [1.807, 2.05) is 0 Å². The fraction of sp³-hybridized carbons (Fsp3) is 0.400. The second-order valence-electron chi connectivity index (χ2n) is 9.25. The summed E-state index contributed by atoms with van der Waals surface area (Å²) in [6.07, 6.45) is 8.72. The number of aromatic nitrogens is 2. The van der Waals surface area contributed by atoms with Crippen LogP contribution >= 0.6 is 7.75 Å². The normalized spacial score (nSPS) is 20.8. The molecule has 0 bridgehead atoms. The molecule has 0 unspecified atom stereocenters. The Labute approximate surface area is 214 Å². The Morgan fingerprint density at radius 2 is 2.00 bits per heavy atom. The minimum absolute atomic E-state index is 0.220. The molecule has 1 aliphatic heterocycles. The largest absolute Gasteiger partial charge is 0.462 e. The van der Waals surface area contributed by atoms with Crippen molar-refractivity contribution >= 4 is 13.7 Å². The van der Waals surface area contributed by atoms with Crippen LogP contribution in [0.25, 0.3) is 0 Å². The van der Waals surface area contributed by atoms with Gasteiger partial charge in [-0.1, -0.05) is 24.1 Å². The number of hydrogen-bond acceptors (Lipinski definition) is 8. The molecule has 1 aromatic heterocycles. The molecule has 0 aliphatic carbocycles. The lowest BCUT2D eigenvalue weighted by molar-refractivity contribution is -0.153. The number of rotatable bonds is 10. The first kappa shape index (κ1) is 28.2. The highest BCUT2D eigenvalue weighted by atomic mass is 31.2. The number of nitrogens with zero attached hydrogens (tertiary/aromatic N) is 1. The van der Waals surface area contributed by atoms with Gasteiger partial charge in [0.1, 0.15) is 17.9 Å². The number of H-pyrrole nitrogens is 1. The lowest BCUT2D eigenvalue weighted by Crippen LogP contribution is -2.48. The number of aromatic amines is 1. The predicted octanol–water partition coefficient (Wildman–Crippen LogP) is 2.83. The van der Waals surface area contributed by atoms with Crippen molar-refractivity contribution in [3.8, 4) is 18.1 Å². The van der Waals surface area contributed by atoms with Crippen molar-refractivity contribution in [3.63, 3.8) is 0 Å². The highest BCUT2D eigenvalue weighted by Gasteiger charge is 2.44. The van der Waals surface area contributed by atoms with Crippen LogP contribution in [0.1, 0.15) is 39.5 Å². The van der Waals surface area contributed by atoms with Crippen molar-refractivity contribution in [1.29, 1.82) is 0 Å². The zero-order valence-corrected chi connectivity index (χ0v) is 22.1. The quantitative estimate of drug-likeness (QED) is 0.205. The zero-order valence-electron chi connectivity index (χ0n) is 21.2. The smallest absolute Gasteiger partial charge is 0.459 e. The molecule has 2 N–H and O–H groups in total. The summed E-state index contributed by atoms with van der Waals surface area (Å²) >= 11 is 0. The van der Waals surface area contributed by atoms with Crippen molar-refractivity contribution < 1.29 is 27.9 Å². The van der Waals surface area contributed by atoms with Gasteiger partial charge in [0.05, 0.1) is 6.10 Å². The molecule has 0 saturated carbocycles. The van der Waals surface area contributed by atoms with Crippen LogP contribution in [0.2, 0.25) is 0 Å². The highest BCUT2D eigenvalue weighted by molar-refractivity contribution is 7.52. The van der Waals surface area contributed by atoms with Crippen LogP contribution in [0.15, 0.2) is 58.3 Å². The van der Waals surface area contributed by atoms with Gasteiger partial charge in [-0.3, -0.25) is 23.7 Å². The first-order chi connectivity index (χ1) is 17.3. The van der Waals surface area contributed by atoms with E-state index < -0.39 is 55.0 Å². The van der Waals surface area contributed by atoms with E-state index in [0.717, 1.165) is 4.57 Å². The van der Waals surface area contributed by atoms with Crippen LogP contribution in [-0.4, -0.2) is 39.4 Å². The second-order valence-corrected chi connectivity index (χ2v) is 10.9. The molecular formula is C25H30N3O8P. The van der Waals surface area contributed by atoms with E-state index in [-0.39, 0.29) is 5.75 Å². The van der Waals surface area contributed by atoms with Gasteiger partial charge in [-0.2, -0.15) is 5.09 Å². The molecule has 37 heavy (non-hydrogen) atoms. The van der Waals surface area contributed by atoms with Crippen molar-refractivity contribution in [2.24, 2.45) is 0 Å². The van der Waals surface area contributed by atoms with Crippen molar-refractivity contribution in [2.75, 3.05) is 6.61 Å². The molecule has 3 atom stereocenters. The van der Waals surface area contributed by atoms with Gasteiger partial charge in [0.2, 0.25) is 0 Å². The van der Waals surface area contributed by atoms with E-state index >= 15 is 0 Å². The van der Waals surface area contributed by atoms with Crippen LogP contribution in [0.4, 0.5) is 0 Å². The maximum atomic E-state index is 13.9. The Hall–Kier alpha value is -3.42. The van der Waals surface area contributed by atoms with Crippen molar-refractivity contribution in [2.45, 2.75) is 58.1 Å². The number of aryl methyl sites for hydroxylation is 1. The average Bonchev–Trinajstić information content (AvgIpc) is 3.25. The number of carbonyl (C=O) groups is 1. The molecule has 2 aromatic rings. The number of para-hydroxylation sites is 1. The molecule has 0 amide bonds. The van der Waals surface area contributed by atoms with E-state index in [2.05, 4.69) is 16.0 Å². The first-order valence-corrected chi connectivity index (χ1v) is 13.0. The van der Waals surface area contributed by atoms with E-state index in [9.17, 15) is 18.9 Å². The Morgan fingerprint density at radius 3 is 2.62 bits per heavy atom. The highest BCUT2D eigenvalue weighted by Crippen LogP contribution is 2.48. The fourth-order valence-corrected chi connectivity index (χ4v) is 4.99. The second kappa shape index (κ2) is 10.9. The van der Waals surface area contributed by atoms with Gasteiger partial charge in [-0.15, -0.1) is 6.42 Å². The number of carbonyl (C=O) groups excluding carboxylic acids is 1. The summed E-state index contributed by atoms with van der Waals surface area (Å²) in [6, 6.07) is 8.25. The Morgan fingerprint density at radius 1 is 1.32 bits per heavy atom. The molecule has 1 aromatic carbocycles. The maximum absolute atomic E-state index is 13.9. The maximum Gasteiger partial charge on any atom is 0.459 e. The average molecular weight is 532 g/mol. The van der Waals surface area contributed by atoms with Crippen LogP contribution in [-0.2, 0) is 23.4 Å². The summed E-state index contributed by atoms with van der Waals surface area (Å²) in [4.78, 5) is 38.8. The Bertz CT molecular complexity index is 1370. The molecule has 0 spiro atoms. The van der Waals surface area contributed by atoms with Gasteiger partial charge in [0.25, 0.3) is 5.56 Å². The molecule has 0 saturated heterocycles. The third kappa shape index (κ3) is 6.87. The Kier molecular flexibility index (Phi) is 8.30. The lowest BCUT2D eigenvalue weighted by atomic mass is 10.1. The SMILES string of the molecule is C#C[C@@]1(CO[P@](=O)(NC(C)(C)C(=O)OC(C)C)Oc2ccccc2)C=C[C@H](n2cc(C)c(=O)[nH]c2=O)O1. The standard InChI is InChI=1S/C25H30N3O8P/c1-7-25(14-13-20(35-25)28-15-18(4)21(29)26-23(28)31)16-33-37(32,36-19-11-9-8-10-12-19)27-24(5,6)22(30)34-17(2)3/h1,8-15,17,20H,16H2,2-6H3,(H,27,32)(H,26,29,31)/t20-,25+,37-/m1/s1. The van der Waals surface area contributed by atoms with Crippen LogP contribution < -0.4 is 20.9 Å². The van der Waals surface area contributed by atoms with Crippen molar-refractivity contribution in [1.82, 2.24) is 14.6 Å². The molecular weight excluding hydrogens is 501 g/mol. The van der Waals surface area contributed by atoms with E-state index in [1.54, 1.807) is 51.1 Å². The summed E-state index contributed by atoms with van der Waals surface area (Å²) in [7, 11) is -4.26. The van der Waals surface area contributed by atoms with E-state index in [4.69, 9.17) is 24.9 Å². The summed E-state index contributed by atoms with van der Waals surface area (Å²) in [5, 5.41) is 2.65. The molecule has 0 fully saturated rings. The summed E-state index contributed by atoms with van der Waals surface area (Å²) in [5.41, 5.74) is -3.91. The lowest BCUT2D eigenvalue weighted by Gasteiger charge is -2.31. The minimum atomic E-state index is -4.26. The summed E-state index contributed by atoms with van der Waals surface area (Å²) in [5.74, 6) is 2.01. The number of nitrogens with one attached hydrogen (secondary N) is 2. The number of benzene rings is 1.